The number of rotatable bonds is 6. The van der Waals surface area contributed by atoms with Crippen molar-refractivity contribution in [3.05, 3.63) is 102 Å². The van der Waals surface area contributed by atoms with E-state index in [9.17, 15) is 4.79 Å². The highest BCUT2D eigenvalue weighted by molar-refractivity contribution is 6.26. The van der Waals surface area contributed by atoms with Gasteiger partial charge >= 0.3 is 0 Å². The molecule has 0 atom stereocenters. The molecule has 2 N–H and O–H groups in total. The van der Waals surface area contributed by atoms with Crippen molar-refractivity contribution in [3.63, 3.8) is 0 Å². The summed E-state index contributed by atoms with van der Waals surface area (Å²) in [6.45, 7) is 2.23. The van der Waals surface area contributed by atoms with Crippen LogP contribution in [0.4, 0.5) is 0 Å². The van der Waals surface area contributed by atoms with Crippen LogP contribution in [0.15, 0.2) is 85.2 Å². The largest absolute Gasteiger partial charge is 0.487 e. The predicted molar refractivity (Wildman–Crippen MR) is 118 cm³/mol. The van der Waals surface area contributed by atoms with Crippen molar-refractivity contribution in [1.82, 2.24) is 9.97 Å². The van der Waals surface area contributed by atoms with Gasteiger partial charge in [-0.3, -0.25) is 9.78 Å². The molecule has 0 saturated heterocycles. The molecule has 0 aliphatic heterocycles. The molecule has 0 saturated carbocycles. The smallest absolute Gasteiger partial charge is 0.249 e. The first-order valence-corrected chi connectivity index (χ1v) is 9.61. The summed E-state index contributed by atoms with van der Waals surface area (Å²) in [6.07, 6.45) is 3.41. The van der Waals surface area contributed by atoms with Crippen LogP contribution in [0.1, 0.15) is 23.7 Å². The Bertz CT molecular complexity index is 1220. The molecule has 1 amide bonds. The molecule has 0 fully saturated rings. The molecule has 4 rings (SSSR count). The lowest BCUT2D eigenvalue weighted by Gasteiger charge is -2.11. The molecule has 0 spiro atoms. The number of carbonyl (C=O) groups excluding carboxylic acids is 1. The van der Waals surface area contributed by atoms with Crippen molar-refractivity contribution in [3.8, 4) is 5.75 Å². The number of fused-ring (bicyclic) bond motifs is 1. The number of hydrogen-bond donors (Lipinski definition) is 1. The van der Waals surface area contributed by atoms with Crippen LogP contribution in [-0.2, 0) is 11.4 Å². The summed E-state index contributed by atoms with van der Waals surface area (Å²) in [7, 11) is 0. The maximum atomic E-state index is 12.1. The minimum absolute atomic E-state index is 0.359. The minimum atomic E-state index is -0.481. The fourth-order valence-corrected chi connectivity index (χ4v) is 3.34. The molecule has 0 aliphatic carbocycles. The van der Waals surface area contributed by atoms with Crippen LogP contribution in [0.3, 0.4) is 0 Å². The normalized spacial score (nSPS) is 11.8. The average molecular weight is 395 g/mol. The topological polar surface area (TPSA) is 78.1 Å². The number of hydrogen-bond acceptors (Lipinski definition) is 4. The number of ether oxygens (including phenoxy) is 1. The van der Waals surface area contributed by atoms with Gasteiger partial charge in [-0.15, -0.1) is 0 Å². The molecule has 0 unspecified atom stereocenters. The van der Waals surface area contributed by atoms with Gasteiger partial charge in [-0.2, -0.15) is 0 Å². The molecule has 0 bridgehead atoms. The van der Waals surface area contributed by atoms with Gasteiger partial charge in [0.2, 0.25) is 5.91 Å². The quantitative estimate of drug-likeness (QED) is 0.483. The van der Waals surface area contributed by atoms with Crippen molar-refractivity contribution < 1.29 is 9.53 Å². The van der Waals surface area contributed by atoms with Gasteiger partial charge in [0.25, 0.3) is 0 Å². The summed E-state index contributed by atoms with van der Waals surface area (Å²) >= 11 is 0. The van der Waals surface area contributed by atoms with Gasteiger partial charge in [-0.25, -0.2) is 4.98 Å². The molecule has 0 radical (unpaired) electrons. The van der Waals surface area contributed by atoms with Gasteiger partial charge in [-0.05, 0) is 54.0 Å². The maximum Gasteiger partial charge on any atom is 0.249 e. The van der Waals surface area contributed by atoms with Crippen molar-refractivity contribution >= 4 is 28.0 Å². The summed E-state index contributed by atoms with van der Waals surface area (Å²) in [4.78, 5) is 20.9. The maximum absolute atomic E-state index is 12.1. The molecule has 0 aliphatic rings. The molecule has 30 heavy (non-hydrogen) atoms. The number of nitrogens with two attached hydrogens (primary N) is 1. The van der Waals surface area contributed by atoms with E-state index < -0.39 is 5.91 Å². The van der Waals surface area contributed by atoms with E-state index in [1.807, 2.05) is 79.7 Å². The van der Waals surface area contributed by atoms with E-state index in [1.54, 1.807) is 12.4 Å². The lowest BCUT2D eigenvalue weighted by molar-refractivity contribution is -0.112. The summed E-state index contributed by atoms with van der Waals surface area (Å²) in [5.41, 5.74) is 10.3. The van der Waals surface area contributed by atoms with E-state index in [2.05, 4.69) is 9.97 Å². The summed E-state index contributed by atoms with van der Waals surface area (Å²) in [5.74, 6) is 0.210. The van der Waals surface area contributed by atoms with E-state index in [0.717, 1.165) is 33.3 Å². The minimum Gasteiger partial charge on any atom is -0.487 e. The second-order valence-electron chi connectivity index (χ2n) is 6.91. The van der Waals surface area contributed by atoms with Crippen LogP contribution in [0.25, 0.3) is 22.0 Å². The zero-order chi connectivity index (χ0) is 20.9. The first-order valence-electron chi connectivity index (χ1n) is 9.61. The van der Waals surface area contributed by atoms with Gasteiger partial charge < -0.3 is 10.5 Å². The number of nitrogens with zero attached hydrogens (tertiary/aromatic N) is 2. The molecule has 5 nitrogen and oxygen atoms in total. The Hall–Kier alpha value is -3.99. The number of amides is 1. The highest BCUT2D eigenvalue weighted by Gasteiger charge is 2.14. The lowest BCUT2D eigenvalue weighted by atomic mass is 9.96. The van der Waals surface area contributed by atoms with E-state index in [-0.39, 0.29) is 0 Å². The van der Waals surface area contributed by atoms with E-state index in [1.165, 1.54) is 0 Å². The first kappa shape index (κ1) is 19.3. The zero-order valence-electron chi connectivity index (χ0n) is 16.6. The summed E-state index contributed by atoms with van der Waals surface area (Å²) in [6, 6.07) is 23.0. The van der Waals surface area contributed by atoms with Crippen molar-refractivity contribution in [1.29, 1.82) is 0 Å². The van der Waals surface area contributed by atoms with Crippen LogP contribution in [0, 0.1) is 0 Å². The van der Waals surface area contributed by atoms with E-state index >= 15 is 0 Å². The molecule has 2 aromatic carbocycles. The number of aromatic nitrogens is 2. The molecule has 4 aromatic rings. The van der Waals surface area contributed by atoms with Crippen LogP contribution in [0.5, 0.6) is 5.75 Å². The van der Waals surface area contributed by atoms with E-state index in [0.29, 0.717) is 17.9 Å². The average Bonchev–Trinajstić information content (AvgIpc) is 2.79. The number of carbonyl (C=O) groups is 1. The highest BCUT2D eigenvalue weighted by atomic mass is 16.5. The molecular weight excluding hydrogens is 374 g/mol. The fourth-order valence-electron chi connectivity index (χ4n) is 3.34. The van der Waals surface area contributed by atoms with Gasteiger partial charge in [0.1, 0.15) is 12.4 Å². The Kier molecular flexibility index (Phi) is 5.52. The number of para-hydroxylation sites is 1. The van der Waals surface area contributed by atoms with Crippen LogP contribution >= 0.6 is 0 Å². The number of benzene rings is 2. The SMILES string of the molecule is CC(=C(C(N)=O)c1ccc(OCc2ccc3ccccc3n2)cc1)c1cccnc1. The van der Waals surface area contributed by atoms with Crippen molar-refractivity contribution in [2.75, 3.05) is 0 Å². The van der Waals surface area contributed by atoms with Gasteiger partial charge in [0.15, 0.2) is 0 Å². The van der Waals surface area contributed by atoms with Crippen LogP contribution in [0.2, 0.25) is 0 Å². The standard InChI is InChI=1S/C25H21N3O2/c1-17(20-6-4-14-27-15-20)24(25(26)29)19-9-12-22(13-10-19)30-16-21-11-8-18-5-2-3-7-23(18)28-21/h2-15H,16H2,1H3,(H2,26,29). The van der Waals surface area contributed by atoms with Crippen LogP contribution in [-0.4, -0.2) is 15.9 Å². The highest BCUT2D eigenvalue weighted by Crippen LogP contribution is 2.27. The van der Waals surface area contributed by atoms with Crippen molar-refractivity contribution in [2.45, 2.75) is 13.5 Å². The fraction of sp³-hybridized carbons (Fsp3) is 0.0800. The Morgan fingerprint density at radius 2 is 1.73 bits per heavy atom. The third-order valence-corrected chi connectivity index (χ3v) is 4.90. The molecule has 148 valence electrons. The van der Waals surface area contributed by atoms with Gasteiger partial charge in [0, 0.05) is 23.4 Å². The molecule has 2 aromatic heterocycles. The number of allylic oxidation sites excluding steroid dienone is 1. The summed E-state index contributed by atoms with van der Waals surface area (Å²) < 4.78 is 5.88. The molecular formula is C25H21N3O2. The Balaban J connectivity index is 1.53. The third kappa shape index (κ3) is 4.20. The zero-order valence-corrected chi connectivity index (χ0v) is 16.6. The van der Waals surface area contributed by atoms with E-state index in [4.69, 9.17) is 10.5 Å². The summed E-state index contributed by atoms with van der Waals surface area (Å²) in [5, 5.41) is 1.10. The molecule has 5 heteroatoms. The second-order valence-corrected chi connectivity index (χ2v) is 6.91. The monoisotopic (exact) mass is 395 g/mol. The number of pyridine rings is 2. The Morgan fingerprint density at radius 3 is 2.47 bits per heavy atom. The molecule has 2 heterocycles. The van der Waals surface area contributed by atoms with Gasteiger partial charge in [0.05, 0.1) is 11.2 Å². The van der Waals surface area contributed by atoms with Crippen LogP contribution < -0.4 is 10.5 Å². The Morgan fingerprint density at radius 1 is 0.933 bits per heavy atom. The lowest BCUT2D eigenvalue weighted by Crippen LogP contribution is -2.14. The van der Waals surface area contributed by atoms with Crippen molar-refractivity contribution in [2.24, 2.45) is 5.73 Å². The second kappa shape index (κ2) is 8.57. The Labute approximate surface area is 174 Å². The third-order valence-electron chi connectivity index (χ3n) is 4.90. The van der Waals surface area contributed by atoms with Gasteiger partial charge in [-0.1, -0.05) is 42.5 Å². The number of primary amides is 1. The predicted octanol–water partition coefficient (Wildman–Crippen LogP) is 4.62. The first-order chi connectivity index (χ1) is 14.6.